The first-order valence-electron chi connectivity index (χ1n) is 9.08. The zero-order valence-corrected chi connectivity index (χ0v) is 16.6. The summed E-state index contributed by atoms with van der Waals surface area (Å²) < 4.78 is 30.8. The fourth-order valence-electron chi connectivity index (χ4n) is 3.96. The first-order valence-corrected chi connectivity index (χ1v) is 9.84. The molecular formula is C19H19Cl2F2N3O2. The van der Waals surface area contributed by atoms with Crippen molar-refractivity contribution in [3.63, 3.8) is 0 Å². The second-order valence-corrected chi connectivity index (χ2v) is 8.28. The molecule has 0 saturated heterocycles. The van der Waals surface area contributed by atoms with Crippen LogP contribution < -0.4 is 0 Å². The minimum absolute atomic E-state index is 0.00740. The average Bonchev–Trinajstić information content (AvgIpc) is 2.93. The fourth-order valence-corrected chi connectivity index (χ4v) is 4.26. The molecule has 0 saturated carbocycles. The summed E-state index contributed by atoms with van der Waals surface area (Å²) in [7, 11) is 0. The van der Waals surface area contributed by atoms with Crippen molar-refractivity contribution in [1.82, 2.24) is 14.7 Å². The number of halogens is 4. The van der Waals surface area contributed by atoms with E-state index in [1.165, 1.54) is 10.7 Å². The van der Waals surface area contributed by atoms with Gasteiger partial charge in [-0.1, -0.05) is 23.2 Å². The molecule has 4 rings (SSSR count). The first-order chi connectivity index (χ1) is 13.2. The molecule has 9 heteroatoms. The van der Waals surface area contributed by atoms with E-state index in [2.05, 4.69) is 5.10 Å². The van der Waals surface area contributed by atoms with Crippen LogP contribution in [-0.2, 0) is 25.4 Å². The van der Waals surface area contributed by atoms with Gasteiger partial charge in [0.15, 0.2) is 0 Å². The second kappa shape index (κ2) is 6.97. The van der Waals surface area contributed by atoms with E-state index in [9.17, 15) is 18.7 Å². The Morgan fingerprint density at radius 3 is 2.79 bits per heavy atom. The Hall–Kier alpha value is -1.70. The molecule has 0 bridgehead atoms. The third kappa shape index (κ3) is 3.29. The van der Waals surface area contributed by atoms with E-state index in [0.29, 0.717) is 28.3 Å². The van der Waals surface area contributed by atoms with Crippen LogP contribution in [0.1, 0.15) is 47.1 Å². The Morgan fingerprint density at radius 1 is 1.32 bits per heavy atom. The van der Waals surface area contributed by atoms with Gasteiger partial charge in [-0.25, -0.2) is 0 Å². The van der Waals surface area contributed by atoms with Crippen LogP contribution in [0.25, 0.3) is 0 Å². The Morgan fingerprint density at radius 2 is 2.07 bits per heavy atom. The van der Waals surface area contributed by atoms with Crippen LogP contribution in [0.4, 0.5) is 8.78 Å². The quantitative estimate of drug-likeness (QED) is 0.744. The summed E-state index contributed by atoms with van der Waals surface area (Å²) in [5.41, 5.74) is 1.11. The zero-order valence-electron chi connectivity index (χ0n) is 15.1. The van der Waals surface area contributed by atoms with Gasteiger partial charge in [0.2, 0.25) is 0 Å². The number of carbonyl (C=O) groups excluding carboxylic acids is 1. The van der Waals surface area contributed by atoms with Crippen LogP contribution >= 0.6 is 23.2 Å². The van der Waals surface area contributed by atoms with Crippen LogP contribution in [0, 0.1) is 0 Å². The molecule has 2 aliphatic rings. The van der Waals surface area contributed by atoms with Gasteiger partial charge in [0, 0.05) is 30.0 Å². The molecule has 2 aliphatic heterocycles. The highest BCUT2D eigenvalue weighted by atomic mass is 35.5. The van der Waals surface area contributed by atoms with Gasteiger partial charge in [-0.3, -0.25) is 9.48 Å². The fraction of sp³-hybridized carbons (Fsp3) is 0.474. The minimum atomic E-state index is -3.10. The summed E-state index contributed by atoms with van der Waals surface area (Å²) in [6, 6.07) is 4.38. The smallest absolute Gasteiger partial charge is 0.289 e. The number of hydrogen-bond acceptors (Lipinski definition) is 3. The highest BCUT2D eigenvalue weighted by molar-refractivity contribution is 6.42. The molecule has 150 valence electrons. The molecule has 0 aliphatic carbocycles. The van der Waals surface area contributed by atoms with E-state index in [0.717, 1.165) is 0 Å². The predicted molar refractivity (Wildman–Crippen MR) is 101 cm³/mol. The summed E-state index contributed by atoms with van der Waals surface area (Å²) in [4.78, 5) is 14.6. The van der Waals surface area contributed by atoms with Crippen molar-refractivity contribution >= 4 is 29.1 Å². The standard InChI is InChI=1S/C19H19Cl2F2N3O2/c1-10-6-16-13(17-19(22,23)5-4-12(27)8-26(17)24-16)9-25(10)18(28)11-2-3-14(20)15(21)7-11/h2-3,7,10,12,27H,4-6,8-9H2,1H3/t10-,12+/m1/s1. The molecule has 5 nitrogen and oxygen atoms in total. The SMILES string of the molecule is C[C@@H]1Cc2nn3c(c2CN1C(=O)c1ccc(Cl)c(Cl)c1)C(F)(F)CC[C@H](O)C3. The number of fused-ring (bicyclic) bond motifs is 3. The van der Waals surface area contributed by atoms with Gasteiger partial charge in [0.05, 0.1) is 34.9 Å². The Kier molecular flexibility index (Phi) is 4.88. The van der Waals surface area contributed by atoms with Crippen LogP contribution in [-0.4, -0.2) is 37.8 Å². The number of nitrogens with zero attached hydrogens (tertiary/aromatic N) is 3. The van der Waals surface area contributed by atoms with Crippen molar-refractivity contribution < 1.29 is 18.7 Å². The maximum absolute atomic E-state index is 14.8. The normalized spacial score (nSPS) is 23.7. The van der Waals surface area contributed by atoms with Gasteiger partial charge in [-0.15, -0.1) is 0 Å². The van der Waals surface area contributed by atoms with Crippen LogP contribution in [0.5, 0.6) is 0 Å². The van der Waals surface area contributed by atoms with Crippen LogP contribution in [0.2, 0.25) is 10.0 Å². The van der Waals surface area contributed by atoms with Crippen molar-refractivity contribution in [2.24, 2.45) is 0 Å². The van der Waals surface area contributed by atoms with Crippen molar-refractivity contribution in [3.8, 4) is 0 Å². The molecule has 0 fully saturated rings. The largest absolute Gasteiger partial charge is 0.391 e. The number of aliphatic hydroxyl groups is 1. The van der Waals surface area contributed by atoms with Crippen molar-refractivity contribution in [2.75, 3.05) is 0 Å². The number of hydrogen-bond donors (Lipinski definition) is 1. The Balaban J connectivity index is 1.71. The maximum Gasteiger partial charge on any atom is 0.289 e. The van der Waals surface area contributed by atoms with E-state index in [1.807, 2.05) is 6.92 Å². The van der Waals surface area contributed by atoms with Crippen molar-refractivity contribution in [1.29, 1.82) is 0 Å². The molecule has 0 spiro atoms. The van der Waals surface area contributed by atoms with Gasteiger partial charge in [0.1, 0.15) is 5.69 Å². The van der Waals surface area contributed by atoms with Crippen LogP contribution in [0.15, 0.2) is 18.2 Å². The Labute approximate surface area is 170 Å². The average molecular weight is 430 g/mol. The molecule has 1 N–H and O–H groups in total. The second-order valence-electron chi connectivity index (χ2n) is 7.47. The van der Waals surface area contributed by atoms with E-state index < -0.39 is 18.4 Å². The first kappa shape index (κ1) is 19.6. The van der Waals surface area contributed by atoms with Crippen molar-refractivity contribution in [3.05, 3.63) is 50.8 Å². The lowest BCUT2D eigenvalue weighted by molar-refractivity contribution is -0.0252. The lowest BCUT2D eigenvalue weighted by atomic mass is 9.95. The van der Waals surface area contributed by atoms with E-state index in [-0.39, 0.29) is 42.2 Å². The molecule has 1 aromatic heterocycles. The summed E-state index contributed by atoms with van der Waals surface area (Å²) >= 11 is 11.9. The number of carbonyl (C=O) groups is 1. The summed E-state index contributed by atoms with van der Waals surface area (Å²) in [6.07, 6.45) is -0.926. The predicted octanol–water partition coefficient (Wildman–Crippen LogP) is 4.02. The van der Waals surface area contributed by atoms with Gasteiger partial charge >= 0.3 is 0 Å². The van der Waals surface area contributed by atoms with Gasteiger partial charge in [0.25, 0.3) is 11.8 Å². The molecule has 28 heavy (non-hydrogen) atoms. The Bertz CT molecular complexity index is 948. The molecule has 2 atom stereocenters. The lowest BCUT2D eigenvalue weighted by Crippen LogP contribution is -2.43. The number of benzene rings is 1. The third-order valence-electron chi connectivity index (χ3n) is 5.43. The van der Waals surface area contributed by atoms with Gasteiger partial charge in [-0.05, 0) is 31.5 Å². The topological polar surface area (TPSA) is 58.4 Å². The molecule has 2 aromatic rings. The summed E-state index contributed by atoms with van der Waals surface area (Å²) in [5, 5.41) is 14.9. The number of alkyl halides is 2. The molecule has 0 radical (unpaired) electrons. The maximum atomic E-state index is 14.8. The monoisotopic (exact) mass is 429 g/mol. The third-order valence-corrected chi connectivity index (χ3v) is 6.17. The van der Waals surface area contributed by atoms with Gasteiger partial charge < -0.3 is 10.0 Å². The molecule has 0 unspecified atom stereocenters. The highest BCUT2D eigenvalue weighted by Gasteiger charge is 2.44. The molecule has 1 amide bonds. The van der Waals surface area contributed by atoms with Gasteiger partial charge in [-0.2, -0.15) is 13.9 Å². The van der Waals surface area contributed by atoms with Crippen LogP contribution in [0.3, 0.4) is 0 Å². The number of amides is 1. The van der Waals surface area contributed by atoms with E-state index in [4.69, 9.17) is 23.2 Å². The molecular weight excluding hydrogens is 411 g/mol. The summed E-state index contributed by atoms with van der Waals surface area (Å²) in [6.45, 7) is 1.93. The lowest BCUT2D eigenvalue weighted by Gasteiger charge is -2.34. The highest BCUT2D eigenvalue weighted by Crippen LogP contribution is 2.41. The zero-order chi connectivity index (χ0) is 20.2. The number of rotatable bonds is 1. The summed E-state index contributed by atoms with van der Waals surface area (Å²) in [5.74, 6) is -3.40. The minimum Gasteiger partial charge on any atom is -0.391 e. The molecule has 3 heterocycles. The van der Waals surface area contributed by atoms with E-state index >= 15 is 0 Å². The molecule has 1 aromatic carbocycles. The van der Waals surface area contributed by atoms with Crippen molar-refractivity contribution in [2.45, 2.75) is 57.3 Å². The number of aromatic nitrogens is 2. The van der Waals surface area contributed by atoms with E-state index in [1.54, 1.807) is 17.0 Å². The number of aliphatic hydroxyl groups excluding tert-OH is 1.